The Kier molecular flexibility index (Phi) is 3.91. The summed E-state index contributed by atoms with van der Waals surface area (Å²) in [6, 6.07) is 5.93. The molecule has 0 saturated carbocycles. The van der Waals surface area contributed by atoms with Crippen molar-refractivity contribution in [3.05, 3.63) is 22.7 Å². The van der Waals surface area contributed by atoms with Crippen LogP contribution in [-0.4, -0.2) is 39.5 Å². The van der Waals surface area contributed by atoms with Crippen LogP contribution in [0.4, 0.5) is 11.4 Å². The van der Waals surface area contributed by atoms with Gasteiger partial charge < -0.3 is 20.1 Å². The first-order valence-electron chi connectivity index (χ1n) is 5.51. The van der Waals surface area contributed by atoms with E-state index < -0.39 is 0 Å². The van der Waals surface area contributed by atoms with Crippen molar-refractivity contribution in [3.8, 4) is 0 Å². The van der Waals surface area contributed by atoms with Gasteiger partial charge in [-0.15, -0.1) is 0 Å². The molecule has 94 valence electrons. The van der Waals surface area contributed by atoms with E-state index in [1.54, 1.807) is 14.2 Å². The molecule has 1 aliphatic rings. The van der Waals surface area contributed by atoms with E-state index in [4.69, 9.17) is 15.2 Å². The molecule has 4 nitrogen and oxygen atoms in total. The van der Waals surface area contributed by atoms with Gasteiger partial charge in [-0.2, -0.15) is 0 Å². The summed E-state index contributed by atoms with van der Waals surface area (Å²) < 4.78 is 11.8. The molecule has 1 heterocycles. The van der Waals surface area contributed by atoms with Crippen LogP contribution in [0.25, 0.3) is 0 Å². The summed E-state index contributed by atoms with van der Waals surface area (Å²) in [5, 5.41) is 0. The predicted octanol–water partition coefficient (Wildman–Crippen LogP) is 1.88. The van der Waals surface area contributed by atoms with Gasteiger partial charge in [-0.1, -0.05) is 15.9 Å². The van der Waals surface area contributed by atoms with Crippen LogP contribution in [0.15, 0.2) is 22.7 Å². The molecule has 0 bridgehead atoms. The first-order valence-corrected chi connectivity index (χ1v) is 6.30. The van der Waals surface area contributed by atoms with Crippen LogP contribution in [0.5, 0.6) is 0 Å². The summed E-state index contributed by atoms with van der Waals surface area (Å²) in [5.74, 6) is 0. The zero-order valence-electron chi connectivity index (χ0n) is 10.0. The van der Waals surface area contributed by atoms with E-state index in [0.29, 0.717) is 0 Å². The van der Waals surface area contributed by atoms with E-state index >= 15 is 0 Å². The molecule has 1 saturated heterocycles. The highest BCUT2D eigenvalue weighted by atomic mass is 79.9. The number of halogens is 1. The van der Waals surface area contributed by atoms with Crippen LogP contribution in [0.3, 0.4) is 0 Å². The minimum atomic E-state index is 0.100. The van der Waals surface area contributed by atoms with Crippen molar-refractivity contribution in [1.82, 2.24) is 0 Å². The zero-order chi connectivity index (χ0) is 12.4. The fourth-order valence-corrected chi connectivity index (χ4v) is 2.59. The van der Waals surface area contributed by atoms with Crippen molar-refractivity contribution in [3.63, 3.8) is 0 Å². The largest absolute Gasteiger partial charge is 0.397 e. The van der Waals surface area contributed by atoms with Gasteiger partial charge in [0.25, 0.3) is 0 Å². The average molecular weight is 301 g/mol. The molecule has 1 aromatic rings. The van der Waals surface area contributed by atoms with Gasteiger partial charge in [-0.3, -0.25) is 0 Å². The molecule has 1 aromatic carbocycles. The van der Waals surface area contributed by atoms with Crippen LogP contribution in [-0.2, 0) is 9.47 Å². The summed E-state index contributed by atoms with van der Waals surface area (Å²) in [6.07, 6.45) is 0.200. The molecule has 2 N–H and O–H groups in total. The Hall–Kier alpha value is -0.780. The molecule has 5 heteroatoms. The lowest BCUT2D eigenvalue weighted by atomic mass is 10.2. The number of ether oxygens (including phenoxy) is 2. The SMILES string of the molecule is COC1CN(c2ccc(Br)cc2N)CC1OC. The first kappa shape index (κ1) is 12.7. The predicted molar refractivity (Wildman–Crippen MR) is 72.4 cm³/mol. The molecule has 2 unspecified atom stereocenters. The third-order valence-electron chi connectivity index (χ3n) is 3.15. The molecule has 2 atom stereocenters. The Morgan fingerprint density at radius 3 is 2.29 bits per heavy atom. The second kappa shape index (κ2) is 5.25. The standard InChI is InChI=1S/C12H17BrN2O2/c1-16-11-6-15(7-12(11)17-2)10-4-3-8(13)5-9(10)14/h3-5,11-12H,6-7,14H2,1-2H3. The first-order chi connectivity index (χ1) is 8.15. The maximum Gasteiger partial charge on any atom is 0.102 e. The average Bonchev–Trinajstić information content (AvgIpc) is 2.72. The van der Waals surface area contributed by atoms with E-state index in [9.17, 15) is 0 Å². The molecule has 0 radical (unpaired) electrons. The van der Waals surface area contributed by atoms with Gasteiger partial charge in [0, 0.05) is 31.8 Å². The fraction of sp³-hybridized carbons (Fsp3) is 0.500. The van der Waals surface area contributed by atoms with Gasteiger partial charge >= 0.3 is 0 Å². The van der Waals surface area contributed by atoms with Gasteiger partial charge in [0.05, 0.1) is 11.4 Å². The minimum Gasteiger partial charge on any atom is -0.397 e. The van der Waals surface area contributed by atoms with Crippen molar-refractivity contribution >= 4 is 27.3 Å². The topological polar surface area (TPSA) is 47.7 Å². The number of hydrogen-bond acceptors (Lipinski definition) is 4. The van der Waals surface area contributed by atoms with Crippen LogP contribution in [0.1, 0.15) is 0 Å². The van der Waals surface area contributed by atoms with Crippen molar-refractivity contribution in [2.75, 3.05) is 37.9 Å². The molecule has 0 aromatic heterocycles. The van der Waals surface area contributed by atoms with Gasteiger partial charge in [-0.05, 0) is 18.2 Å². The van der Waals surface area contributed by atoms with Gasteiger partial charge in [-0.25, -0.2) is 0 Å². The molecule has 1 fully saturated rings. The van der Waals surface area contributed by atoms with Gasteiger partial charge in [0.15, 0.2) is 0 Å². The molecule has 2 rings (SSSR count). The molecule has 0 amide bonds. The van der Waals surface area contributed by atoms with E-state index in [-0.39, 0.29) is 12.2 Å². The highest BCUT2D eigenvalue weighted by Crippen LogP contribution is 2.30. The normalized spacial score (nSPS) is 24.3. The van der Waals surface area contributed by atoms with E-state index in [0.717, 1.165) is 28.9 Å². The highest BCUT2D eigenvalue weighted by Gasteiger charge is 2.33. The highest BCUT2D eigenvalue weighted by molar-refractivity contribution is 9.10. The smallest absolute Gasteiger partial charge is 0.102 e. The number of benzene rings is 1. The maximum absolute atomic E-state index is 6.02. The van der Waals surface area contributed by atoms with Gasteiger partial charge in [0.2, 0.25) is 0 Å². The summed E-state index contributed by atoms with van der Waals surface area (Å²) in [4.78, 5) is 2.20. The van der Waals surface area contributed by atoms with E-state index in [2.05, 4.69) is 20.8 Å². The number of nitrogens with two attached hydrogens (primary N) is 1. The number of hydrogen-bond donors (Lipinski definition) is 1. The molecule has 1 aliphatic heterocycles. The zero-order valence-corrected chi connectivity index (χ0v) is 11.6. The van der Waals surface area contributed by atoms with Crippen molar-refractivity contribution < 1.29 is 9.47 Å². The van der Waals surface area contributed by atoms with Gasteiger partial charge in [0.1, 0.15) is 12.2 Å². The lowest BCUT2D eigenvalue weighted by Crippen LogP contribution is -2.27. The van der Waals surface area contributed by atoms with E-state index in [1.165, 1.54) is 0 Å². The second-order valence-electron chi connectivity index (χ2n) is 4.16. The Morgan fingerprint density at radius 1 is 1.24 bits per heavy atom. The number of nitrogens with zero attached hydrogens (tertiary/aromatic N) is 1. The second-order valence-corrected chi connectivity index (χ2v) is 5.07. The van der Waals surface area contributed by atoms with Crippen molar-refractivity contribution in [2.24, 2.45) is 0 Å². The molecule has 0 aliphatic carbocycles. The lowest BCUT2D eigenvalue weighted by molar-refractivity contribution is -0.00461. The van der Waals surface area contributed by atoms with Crippen molar-refractivity contribution in [2.45, 2.75) is 12.2 Å². The van der Waals surface area contributed by atoms with E-state index in [1.807, 2.05) is 18.2 Å². The quantitative estimate of drug-likeness (QED) is 0.866. The summed E-state index contributed by atoms with van der Waals surface area (Å²) in [5.41, 5.74) is 7.83. The summed E-state index contributed by atoms with van der Waals surface area (Å²) >= 11 is 3.41. The maximum atomic E-state index is 6.02. The number of anilines is 2. The number of rotatable bonds is 3. The Balaban J connectivity index is 2.19. The van der Waals surface area contributed by atoms with Crippen LogP contribution < -0.4 is 10.6 Å². The molecule has 17 heavy (non-hydrogen) atoms. The van der Waals surface area contributed by atoms with Crippen molar-refractivity contribution in [1.29, 1.82) is 0 Å². The Bertz CT molecular complexity index is 388. The number of nitrogen functional groups attached to an aromatic ring is 1. The molecular formula is C12H17BrN2O2. The third-order valence-corrected chi connectivity index (χ3v) is 3.64. The monoisotopic (exact) mass is 300 g/mol. The summed E-state index contributed by atoms with van der Waals surface area (Å²) in [6.45, 7) is 1.61. The molecular weight excluding hydrogens is 284 g/mol. The fourth-order valence-electron chi connectivity index (χ4n) is 2.21. The minimum absolute atomic E-state index is 0.100. The van der Waals surface area contributed by atoms with Crippen LogP contribution in [0.2, 0.25) is 0 Å². The summed E-state index contributed by atoms with van der Waals surface area (Å²) in [7, 11) is 3.43. The van der Waals surface area contributed by atoms with Crippen LogP contribution in [0, 0.1) is 0 Å². The Labute approximate surface area is 110 Å². The number of methoxy groups -OCH3 is 2. The van der Waals surface area contributed by atoms with Crippen LogP contribution >= 0.6 is 15.9 Å². The molecule has 0 spiro atoms. The lowest BCUT2D eigenvalue weighted by Gasteiger charge is -2.20. The Morgan fingerprint density at radius 2 is 1.82 bits per heavy atom. The third kappa shape index (κ3) is 2.56.